The minimum atomic E-state index is -0.661. The van der Waals surface area contributed by atoms with E-state index in [4.69, 9.17) is 14.2 Å². The number of carbonyl (C=O) groups excluding carboxylic acids is 1. The van der Waals surface area contributed by atoms with Gasteiger partial charge in [0.1, 0.15) is 11.5 Å². The Labute approximate surface area is 208 Å². The lowest BCUT2D eigenvalue weighted by atomic mass is 9.96. The molecule has 1 aromatic heterocycles. The van der Waals surface area contributed by atoms with E-state index in [9.17, 15) is 9.59 Å². The molecule has 1 atom stereocenters. The van der Waals surface area contributed by atoms with Crippen molar-refractivity contribution in [2.24, 2.45) is 4.99 Å². The van der Waals surface area contributed by atoms with Gasteiger partial charge >= 0.3 is 5.97 Å². The van der Waals surface area contributed by atoms with Gasteiger partial charge in [0.2, 0.25) is 0 Å². The normalized spacial score (nSPS) is 15.6. The summed E-state index contributed by atoms with van der Waals surface area (Å²) in [4.78, 5) is 31.7. The molecule has 3 aromatic rings. The number of ether oxygens (including phenoxy) is 3. The topological polar surface area (TPSA) is 79.1 Å². The van der Waals surface area contributed by atoms with Crippen LogP contribution in [0.25, 0.3) is 6.08 Å². The van der Waals surface area contributed by atoms with E-state index < -0.39 is 12.0 Å². The van der Waals surface area contributed by atoms with Crippen molar-refractivity contribution in [3.05, 3.63) is 89.0 Å². The number of hydrogen-bond acceptors (Lipinski definition) is 7. The fourth-order valence-electron chi connectivity index (χ4n) is 3.82. The number of benzene rings is 2. The number of thiazole rings is 1. The highest BCUT2D eigenvalue weighted by Crippen LogP contribution is 2.31. The first-order valence-electron chi connectivity index (χ1n) is 10.5. The van der Waals surface area contributed by atoms with E-state index in [0.29, 0.717) is 32.1 Å². The van der Waals surface area contributed by atoms with Gasteiger partial charge in [-0.25, -0.2) is 9.79 Å². The first-order chi connectivity index (χ1) is 16.4. The molecule has 0 saturated carbocycles. The fourth-order valence-corrected chi connectivity index (χ4v) is 5.42. The van der Waals surface area contributed by atoms with E-state index in [1.807, 2.05) is 36.4 Å². The summed E-state index contributed by atoms with van der Waals surface area (Å²) in [5.41, 5.74) is 2.24. The Morgan fingerprint density at radius 2 is 1.91 bits per heavy atom. The van der Waals surface area contributed by atoms with Crippen LogP contribution >= 0.6 is 27.3 Å². The molecule has 0 radical (unpaired) electrons. The quantitative estimate of drug-likeness (QED) is 0.445. The van der Waals surface area contributed by atoms with Gasteiger partial charge in [0, 0.05) is 0 Å². The van der Waals surface area contributed by atoms with Crippen LogP contribution in [0.2, 0.25) is 0 Å². The number of carbonyl (C=O) groups is 1. The van der Waals surface area contributed by atoms with Gasteiger partial charge in [-0.05, 0) is 71.2 Å². The van der Waals surface area contributed by atoms with Crippen molar-refractivity contribution >= 4 is 39.3 Å². The standard InChI is InChI=1S/C25H23BrN2O5S/c1-5-33-24(30)21-14(2)27-25-28(22(21)16-7-9-17(31-3)10-8-16)23(29)20(34-25)13-15-6-11-19(32-4)18(26)12-15/h6-13,22H,5H2,1-4H3/b20-13-/t22-/m0/s1. The summed E-state index contributed by atoms with van der Waals surface area (Å²) in [6.07, 6.45) is 1.81. The van der Waals surface area contributed by atoms with Crippen LogP contribution in [-0.2, 0) is 9.53 Å². The molecule has 176 valence electrons. The molecular weight excluding hydrogens is 520 g/mol. The lowest BCUT2D eigenvalue weighted by molar-refractivity contribution is -0.139. The molecule has 1 aliphatic rings. The molecule has 0 saturated heterocycles. The zero-order valence-electron chi connectivity index (χ0n) is 19.1. The Kier molecular flexibility index (Phi) is 7.04. The zero-order chi connectivity index (χ0) is 24.4. The molecular formula is C25H23BrN2O5S. The van der Waals surface area contributed by atoms with Crippen molar-refractivity contribution in [2.45, 2.75) is 19.9 Å². The third-order valence-electron chi connectivity index (χ3n) is 5.42. The van der Waals surface area contributed by atoms with E-state index in [0.717, 1.165) is 15.6 Å². The van der Waals surface area contributed by atoms with E-state index in [1.165, 1.54) is 11.3 Å². The highest BCUT2D eigenvalue weighted by Gasteiger charge is 2.33. The van der Waals surface area contributed by atoms with Crippen LogP contribution in [0.4, 0.5) is 0 Å². The van der Waals surface area contributed by atoms with E-state index in [-0.39, 0.29) is 12.2 Å². The Morgan fingerprint density at radius 3 is 2.53 bits per heavy atom. The summed E-state index contributed by atoms with van der Waals surface area (Å²) >= 11 is 4.76. The summed E-state index contributed by atoms with van der Waals surface area (Å²) in [6.45, 7) is 3.74. The van der Waals surface area contributed by atoms with Crippen LogP contribution in [0.5, 0.6) is 11.5 Å². The molecule has 0 bridgehead atoms. The first kappa shape index (κ1) is 24.0. The molecule has 2 heterocycles. The lowest BCUT2D eigenvalue weighted by Crippen LogP contribution is -2.39. The minimum Gasteiger partial charge on any atom is -0.497 e. The number of nitrogens with zero attached hydrogens (tertiary/aromatic N) is 2. The smallest absolute Gasteiger partial charge is 0.338 e. The van der Waals surface area contributed by atoms with E-state index in [2.05, 4.69) is 20.9 Å². The summed E-state index contributed by atoms with van der Waals surface area (Å²) in [7, 11) is 3.18. The van der Waals surface area contributed by atoms with Gasteiger partial charge < -0.3 is 14.2 Å². The van der Waals surface area contributed by atoms with Crippen LogP contribution in [0.3, 0.4) is 0 Å². The fraction of sp³-hybridized carbons (Fsp3) is 0.240. The lowest BCUT2D eigenvalue weighted by Gasteiger charge is -2.24. The Bertz CT molecular complexity index is 1450. The number of fused-ring (bicyclic) bond motifs is 1. The summed E-state index contributed by atoms with van der Waals surface area (Å²) in [6, 6.07) is 12.2. The highest BCUT2D eigenvalue weighted by atomic mass is 79.9. The van der Waals surface area contributed by atoms with Gasteiger partial charge in [-0.15, -0.1) is 0 Å². The molecule has 0 aliphatic carbocycles. The maximum Gasteiger partial charge on any atom is 0.338 e. The molecule has 0 amide bonds. The van der Waals surface area contributed by atoms with Crippen LogP contribution < -0.4 is 24.4 Å². The molecule has 0 fully saturated rings. The van der Waals surface area contributed by atoms with Gasteiger partial charge in [-0.3, -0.25) is 9.36 Å². The Balaban J connectivity index is 1.92. The van der Waals surface area contributed by atoms with E-state index in [1.54, 1.807) is 44.8 Å². The number of aromatic nitrogens is 1. The number of rotatable bonds is 6. The number of esters is 1. The predicted molar refractivity (Wildman–Crippen MR) is 134 cm³/mol. The van der Waals surface area contributed by atoms with Crippen molar-refractivity contribution in [1.29, 1.82) is 0 Å². The van der Waals surface area contributed by atoms with Crippen LogP contribution in [-0.4, -0.2) is 31.4 Å². The van der Waals surface area contributed by atoms with Gasteiger partial charge in [0.25, 0.3) is 5.56 Å². The Hall–Kier alpha value is -3.17. The molecule has 7 nitrogen and oxygen atoms in total. The Morgan fingerprint density at radius 1 is 1.18 bits per heavy atom. The molecule has 0 spiro atoms. The minimum absolute atomic E-state index is 0.224. The molecule has 9 heteroatoms. The van der Waals surface area contributed by atoms with Crippen molar-refractivity contribution in [3.8, 4) is 11.5 Å². The van der Waals surface area contributed by atoms with Gasteiger partial charge in [-0.2, -0.15) is 0 Å². The van der Waals surface area contributed by atoms with Gasteiger partial charge in [-0.1, -0.05) is 29.5 Å². The highest BCUT2D eigenvalue weighted by molar-refractivity contribution is 9.10. The molecule has 0 unspecified atom stereocenters. The first-order valence-corrected chi connectivity index (χ1v) is 12.2. The third-order valence-corrected chi connectivity index (χ3v) is 7.02. The average molecular weight is 543 g/mol. The molecule has 4 rings (SSSR count). The summed E-state index contributed by atoms with van der Waals surface area (Å²) in [5, 5.41) is 0. The van der Waals surface area contributed by atoms with Crippen molar-refractivity contribution in [3.63, 3.8) is 0 Å². The van der Waals surface area contributed by atoms with Crippen molar-refractivity contribution in [2.75, 3.05) is 20.8 Å². The molecule has 34 heavy (non-hydrogen) atoms. The van der Waals surface area contributed by atoms with Gasteiger partial charge in [0.05, 0.1) is 47.1 Å². The number of halogens is 1. The van der Waals surface area contributed by atoms with Gasteiger partial charge in [0.15, 0.2) is 4.80 Å². The number of methoxy groups -OCH3 is 2. The summed E-state index contributed by atoms with van der Waals surface area (Å²) in [5.74, 6) is 0.894. The third kappa shape index (κ3) is 4.45. The zero-order valence-corrected chi connectivity index (χ0v) is 21.5. The number of allylic oxidation sites excluding steroid dienone is 1. The second kappa shape index (κ2) is 9.99. The SMILES string of the molecule is CCOC(=O)C1=C(C)N=c2s/c(=C\c3ccc(OC)c(Br)c3)c(=O)n2[C@H]1c1ccc(OC)cc1. The van der Waals surface area contributed by atoms with Crippen LogP contribution in [0, 0.1) is 0 Å². The molecule has 1 aliphatic heterocycles. The second-order valence-corrected chi connectivity index (χ2v) is 9.33. The van der Waals surface area contributed by atoms with Crippen LogP contribution in [0.1, 0.15) is 31.0 Å². The predicted octanol–water partition coefficient (Wildman–Crippen LogP) is 3.58. The maximum absolute atomic E-state index is 13.6. The largest absolute Gasteiger partial charge is 0.497 e. The van der Waals surface area contributed by atoms with Crippen molar-refractivity contribution in [1.82, 2.24) is 4.57 Å². The maximum atomic E-state index is 13.6. The number of hydrogen-bond donors (Lipinski definition) is 0. The van der Waals surface area contributed by atoms with Crippen LogP contribution in [0.15, 0.2) is 68.0 Å². The molecule has 0 N–H and O–H groups in total. The summed E-state index contributed by atoms with van der Waals surface area (Å²) < 4.78 is 18.7. The second-order valence-electron chi connectivity index (χ2n) is 7.47. The average Bonchev–Trinajstić information content (AvgIpc) is 3.12. The monoisotopic (exact) mass is 542 g/mol. The van der Waals surface area contributed by atoms with E-state index >= 15 is 0 Å². The van der Waals surface area contributed by atoms with Crippen molar-refractivity contribution < 1.29 is 19.0 Å². The molecule has 2 aromatic carbocycles.